The van der Waals surface area contributed by atoms with Crippen LogP contribution in [0.5, 0.6) is 0 Å². The van der Waals surface area contributed by atoms with Gasteiger partial charge in [0, 0.05) is 6.54 Å². The maximum atomic E-state index is 13.1. The highest BCUT2D eigenvalue weighted by atomic mass is 19.1. The number of carbonyl (C=O) groups is 1. The van der Waals surface area contributed by atoms with Crippen LogP contribution in [-0.2, 0) is 11.3 Å². The molecule has 3 nitrogen and oxygen atoms in total. The van der Waals surface area contributed by atoms with Crippen molar-refractivity contribution in [3.8, 4) is 0 Å². The lowest BCUT2D eigenvalue weighted by Gasteiger charge is -2.19. The van der Waals surface area contributed by atoms with E-state index in [4.69, 9.17) is 5.73 Å². The molecule has 0 aliphatic rings. The normalized spacial score (nSPS) is 12.8. The van der Waals surface area contributed by atoms with Crippen LogP contribution >= 0.6 is 0 Å². The van der Waals surface area contributed by atoms with Gasteiger partial charge in [0.2, 0.25) is 5.91 Å². The van der Waals surface area contributed by atoms with E-state index in [1.165, 1.54) is 6.07 Å². The first kappa shape index (κ1) is 13.6. The number of hydrogen-bond acceptors (Lipinski definition) is 2. The highest BCUT2D eigenvalue weighted by Gasteiger charge is 2.18. The van der Waals surface area contributed by atoms with E-state index >= 15 is 0 Å². The number of halogens is 1. The summed E-state index contributed by atoms with van der Waals surface area (Å²) in [5.74, 6) is -0.447. The molecule has 17 heavy (non-hydrogen) atoms. The number of primary amides is 1. The Kier molecular flexibility index (Phi) is 4.63. The van der Waals surface area contributed by atoms with Crippen molar-refractivity contribution in [2.24, 2.45) is 11.7 Å². The molecule has 0 saturated carbocycles. The molecule has 1 rings (SSSR count). The van der Waals surface area contributed by atoms with Crippen molar-refractivity contribution >= 4 is 5.91 Å². The van der Waals surface area contributed by atoms with Crippen molar-refractivity contribution in [1.29, 1.82) is 0 Å². The molecular weight excluding hydrogens is 219 g/mol. The number of nitrogens with two attached hydrogens (primary N) is 1. The molecule has 0 heterocycles. The van der Waals surface area contributed by atoms with E-state index in [0.717, 1.165) is 5.56 Å². The van der Waals surface area contributed by atoms with Crippen LogP contribution in [0.25, 0.3) is 0 Å². The van der Waals surface area contributed by atoms with Crippen molar-refractivity contribution in [3.63, 3.8) is 0 Å². The maximum absolute atomic E-state index is 13.1. The van der Waals surface area contributed by atoms with Crippen molar-refractivity contribution in [2.75, 3.05) is 0 Å². The molecule has 1 unspecified atom stereocenters. The fourth-order valence-corrected chi connectivity index (χ4v) is 1.71. The van der Waals surface area contributed by atoms with Crippen LogP contribution in [0.4, 0.5) is 4.39 Å². The van der Waals surface area contributed by atoms with Gasteiger partial charge in [0.1, 0.15) is 5.82 Å². The smallest absolute Gasteiger partial charge is 0.234 e. The molecule has 0 bridgehead atoms. The van der Waals surface area contributed by atoms with Gasteiger partial charge in [-0.05, 0) is 30.0 Å². The number of hydrogen-bond donors (Lipinski definition) is 2. The van der Waals surface area contributed by atoms with Gasteiger partial charge >= 0.3 is 0 Å². The predicted octanol–water partition coefficient (Wildman–Crippen LogP) is 1.73. The van der Waals surface area contributed by atoms with E-state index in [1.807, 2.05) is 13.8 Å². The van der Waals surface area contributed by atoms with E-state index in [1.54, 1.807) is 19.1 Å². The van der Waals surface area contributed by atoms with Crippen molar-refractivity contribution < 1.29 is 9.18 Å². The summed E-state index contributed by atoms with van der Waals surface area (Å²) < 4.78 is 13.1. The molecular formula is C13H19FN2O. The molecule has 0 saturated heterocycles. The largest absolute Gasteiger partial charge is 0.368 e. The predicted molar refractivity (Wildman–Crippen MR) is 65.8 cm³/mol. The zero-order valence-electron chi connectivity index (χ0n) is 10.5. The maximum Gasteiger partial charge on any atom is 0.234 e. The average Bonchev–Trinajstić information content (AvgIpc) is 2.22. The molecule has 4 heteroatoms. The van der Waals surface area contributed by atoms with Crippen molar-refractivity contribution in [2.45, 2.75) is 33.4 Å². The molecule has 94 valence electrons. The van der Waals surface area contributed by atoms with Gasteiger partial charge in [-0.2, -0.15) is 0 Å². The number of carbonyl (C=O) groups excluding carboxylic acids is 1. The molecule has 0 aromatic heterocycles. The number of aryl methyl sites for hydroxylation is 1. The van der Waals surface area contributed by atoms with Gasteiger partial charge in [-0.1, -0.05) is 26.0 Å². The quantitative estimate of drug-likeness (QED) is 0.821. The van der Waals surface area contributed by atoms with E-state index in [-0.39, 0.29) is 23.7 Å². The molecule has 3 N–H and O–H groups in total. The van der Waals surface area contributed by atoms with Gasteiger partial charge in [-0.15, -0.1) is 0 Å². The van der Waals surface area contributed by atoms with Crippen LogP contribution < -0.4 is 11.1 Å². The molecule has 0 radical (unpaired) electrons. The van der Waals surface area contributed by atoms with Crippen LogP contribution in [0.15, 0.2) is 18.2 Å². The van der Waals surface area contributed by atoms with Gasteiger partial charge in [0.05, 0.1) is 6.04 Å². The second-order valence-electron chi connectivity index (χ2n) is 4.59. The second kappa shape index (κ2) is 5.77. The first-order chi connectivity index (χ1) is 7.91. The Labute approximate surface area is 101 Å². The Balaban J connectivity index is 2.65. The third-order valence-corrected chi connectivity index (χ3v) is 2.72. The topological polar surface area (TPSA) is 55.1 Å². The van der Waals surface area contributed by atoms with Crippen molar-refractivity contribution in [1.82, 2.24) is 5.32 Å². The Morgan fingerprint density at radius 3 is 2.59 bits per heavy atom. The van der Waals surface area contributed by atoms with Gasteiger partial charge in [0.25, 0.3) is 0 Å². The summed E-state index contributed by atoms with van der Waals surface area (Å²) in [5.41, 5.74) is 6.84. The molecule has 0 spiro atoms. The third kappa shape index (κ3) is 3.82. The van der Waals surface area contributed by atoms with Crippen LogP contribution in [0, 0.1) is 18.7 Å². The lowest BCUT2D eigenvalue weighted by atomic mass is 10.0. The Bertz CT molecular complexity index is 404. The van der Waals surface area contributed by atoms with Crippen molar-refractivity contribution in [3.05, 3.63) is 35.1 Å². The van der Waals surface area contributed by atoms with Gasteiger partial charge in [-0.3, -0.25) is 4.79 Å². The summed E-state index contributed by atoms with van der Waals surface area (Å²) in [5, 5.41) is 3.08. The van der Waals surface area contributed by atoms with Gasteiger partial charge in [-0.25, -0.2) is 4.39 Å². The molecule has 1 aromatic rings. The van der Waals surface area contributed by atoms with E-state index in [9.17, 15) is 9.18 Å². The van der Waals surface area contributed by atoms with E-state index < -0.39 is 0 Å². The number of amides is 1. The highest BCUT2D eigenvalue weighted by molar-refractivity contribution is 5.80. The minimum atomic E-state index is -0.362. The van der Waals surface area contributed by atoms with Crippen LogP contribution in [0.3, 0.4) is 0 Å². The zero-order chi connectivity index (χ0) is 13.0. The highest BCUT2D eigenvalue weighted by Crippen LogP contribution is 2.10. The summed E-state index contributed by atoms with van der Waals surface area (Å²) in [6, 6.07) is 4.54. The number of rotatable bonds is 5. The summed E-state index contributed by atoms with van der Waals surface area (Å²) >= 11 is 0. The van der Waals surface area contributed by atoms with E-state index in [0.29, 0.717) is 12.1 Å². The summed E-state index contributed by atoms with van der Waals surface area (Å²) in [4.78, 5) is 11.2. The lowest BCUT2D eigenvalue weighted by molar-refractivity contribution is -0.121. The Hall–Kier alpha value is -1.42. The number of benzene rings is 1. The molecule has 0 aliphatic heterocycles. The molecule has 1 amide bonds. The van der Waals surface area contributed by atoms with Crippen LogP contribution in [-0.4, -0.2) is 11.9 Å². The SMILES string of the molecule is Cc1cc(CNC(C(N)=O)C(C)C)ccc1F. The fourth-order valence-electron chi connectivity index (χ4n) is 1.71. The van der Waals surface area contributed by atoms with Crippen LogP contribution in [0.2, 0.25) is 0 Å². The van der Waals surface area contributed by atoms with Gasteiger partial charge in [0.15, 0.2) is 0 Å². The molecule has 0 fully saturated rings. The number of nitrogens with one attached hydrogen (secondary N) is 1. The third-order valence-electron chi connectivity index (χ3n) is 2.72. The summed E-state index contributed by atoms with van der Waals surface area (Å²) in [6.45, 7) is 6.08. The summed E-state index contributed by atoms with van der Waals surface area (Å²) in [6.07, 6.45) is 0. The second-order valence-corrected chi connectivity index (χ2v) is 4.59. The average molecular weight is 238 g/mol. The molecule has 1 atom stereocenters. The lowest BCUT2D eigenvalue weighted by Crippen LogP contribution is -2.44. The Morgan fingerprint density at radius 2 is 2.12 bits per heavy atom. The fraction of sp³-hybridized carbons (Fsp3) is 0.462. The first-order valence-electron chi connectivity index (χ1n) is 5.69. The minimum absolute atomic E-state index is 0.133. The monoisotopic (exact) mass is 238 g/mol. The zero-order valence-corrected chi connectivity index (χ0v) is 10.5. The van der Waals surface area contributed by atoms with Crippen LogP contribution in [0.1, 0.15) is 25.0 Å². The minimum Gasteiger partial charge on any atom is -0.368 e. The standard InChI is InChI=1S/C13H19FN2O/c1-8(2)12(13(15)17)16-7-10-4-5-11(14)9(3)6-10/h4-6,8,12,16H,7H2,1-3H3,(H2,15,17). The summed E-state index contributed by atoms with van der Waals surface area (Å²) in [7, 11) is 0. The van der Waals surface area contributed by atoms with E-state index in [2.05, 4.69) is 5.32 Å². The Morgan fingerprint density at radius 1 is 1.47 bits per heavy atom. The van der Waals surface area contributed by atoms with Gasteiger partial charge < -0.3 is 11.1 Å². The molecule has 0 aliphatic carbocycles. The first-order valence-corrected chi connectivity index (χ1v) is 5.69. The molecule has 1 aromatic carbocycles.